The molecule has 0 saturated carbocycles. The summed E-state index contributed by atoms with van der Waals surface area (Å²) in [6.07, 6.45) is 1.04. The second kappa shape index (κ2) is 9.69. The molecule has 1 amide bonds. The Kier molecular flexibility index (Phi) is 7.29. The molecule has 0 radical (unpaired) electrons. The smallest absolute Gasteiger partial charge is 0.339 e. The van der Waals surface area contributed by atoms with Crippen LogP contribution in [0.5, 0.6) is 0 Å². The molecule has 0 aliphatic carbocycles. The topological polar surface area (TPSA) is 67.4 Å². The van der Waals surface area contributed by atoms with Gasteiger partial charge in [-0.05, 0) is 36.2 Å². The number of methoxy groups -OCH3 is 1. The van der Waals surface area contributed by atoms with Crippen LogP contribution in [0.3, 0.4) is 0 Å². The number of hydrogen-bond donors (Lipinski definition) is 2. The highest BCUT2D eigenvalue weighted by atomic mass is 35.5. The van der Waals surface area contributed by atoms with Gasteiger partial charge in [0.05, 0.1) is 12.7 Å². The van der Waals surface area contributed by atoms with Crippen molar-refractivity contribution in [2.75, 3.05) is 25.5 Å². The van der Waals surface area contributed by atoms with Crippen LogP contribution in [0.1, 0.15) is 22.3 Å². The number of carbonyl (C=O) groups excluding carboxylic acids is 2. The molecule has 0 spiro atoms. The normalized spacial score (nSPS) is 10.2. The van der Waals surface area contributed by atoms with Crippen LogP contribution in [0.2, 0.25) is 5.02 Å². The van der Waals surface area contributed by atoms with Gasteiger partial charge in [0, 0.05) is 30.2 Å². The van der Waals surface area contributed by atoms with E-state index < -0.39 is 5.97 Å². The zero-order chi connectivity index (χ0) is 18.1. The van der Waals surface area contributed by atoms with E-state index in [0.717, 1.165) is 12.0 Å². The maximum absolute atomic E-state index is 11.9. The number of esters is 1. The van der Waals surface area contributed by atoms with E-state index in [0.29, 0.717) is 35.8 Å². The Morgan fingerprint density at radius 3 is 2.64 bits per heavy atom. The highest BCUT2D eigenvalue weighted by Crippen LogP contribution is 2.15. The van der Waals surface area contributed by atoms with E-state index in [2.05, 4.69) is 10.6 Å². The minimum Gasteiger partial charge on any atom is -0.465 e. The quantitative estimate of drug-likeness (QED) is 0.709. The van der Waals surface area contributed by atoms with Crippen molar-refractivity contribution in [1.29, 1.82) is 0 Å². The van der Waals surface area contributed by atoms with Gasteiger partial charge in [-0.2, -0.15) is 0 Å². The first-order chi connectivity index (χ1) is 12.1. The van der Waals surface area contributed by atoms with Crippen molar-refractivity contribution < 1.29 is 14.3 Å². The molecule has 2 aromatic rings. The summed E-state index contributed by atoms with van der Waals surface area (Å²) in [4.78, 5) is 23.6. The van der Waals surface area contributed by atoms with Crippen LogP contribution in [-0.2, 0) is 16.0 Å². The lowest BCUT2D eigenvalue weighted by molar-refractivity contribution is -0.120. The Hall–Kier alpha value is -2.53. The largest absolute Gasteiger partial charge is 0.465 e. The second-order valence-corrected chi connectivity index (χ2v) is 5.88. The van der Waals surface area contributed by atoms with Crippen molar-refractivity contribution in [3.63, 3.8) is 0 Å². The van der Waals surface area contributed by atoms with Crippen LogP contribution in [0.4, 0.5) is 5.69 Å². The lowest BCUT2D eigenvalue weighted by Crippen LogP contribution is -2.27. The molecule has 0 aromatic heterocycles. The number of ether oxygens (including phenoxy) is 1. The van der Waals surface area contributed by atoms with Crippen molar-refractivity contribution >= 4 is 29.2 Å². The van der Waals surface area contributed by atoms with Gasteiger partial charge in [-0.25, -0.2) is 4.79 Å². The number of rotatable bonds is 8. The van der Waals surface area contributed by atoms with Gasteiger partial charge in [0.2, 0.25) is 5.91 Å². The van der Waals surface area contributed by atoms with Gasteiger partial charge < -0.3 is 15.4 Å². The number of carbonyl (C=O) groups is 2. The van der Waals surface area contributed by atoms with Gasteiger partial charge in [-0.1, -0.05) is 35.9 Å². The molecule has 0 atom stereocenters. The van der Waals surface area contributed by atoms with Crippen molar-refractivity contribution in [2.24, 2.45) is 0 Å². The third-order valence-corrected chi connectivity index (χ3v) is 3.86. The molecule has 132 valence electrons. The Bertz CT molecular complexity index is 734. The van der Waals surface area contributed by atoms with Gasteiger partial charge in [0.1, 0.15) is 0 Å². The Morgan fingerprint density at radius 1 is 1.08 bits per heavy atom. The minimum absolute atomic E-state index is 0.0509. The Balaban J connectivity index is 1.73. The molecule has 0 fully saturated rings. The van der Waals surface area contributed by atoms with E-state index in [4.69, 9.17) is 16.3 Å². The number of para-hydroxylation sites is 1. The van der Waals surface area contributed by atoms with Crippen molar-refractivity contribution in [3.05, 3.63) is 64.7 Å². The fraction of sp³-hybridized carbons (Fsp3) is 0.263. The van der Waals surface area contributed by atoms with Gasteiger partial charge in [-0.3, -0.25) is 4.79 Å². The number of amides is 1. The van der Waals surface area contributed by atoms with Crippen molar-refractivity contribution in [2.45, 2.75) is 12.8 Å². The van der Waals surface area contributed by atoms with E-state index >= 15 is 0 Å². The van der Waals surface area contributed by atoms with Crippen LogP contribution >= 0.6 is 11.6 Å². The SMILES string of the molecule is COC(=O)c1ccccc1NCCC(=O)NCCc1cccc(Cl)c1. The number of hydrogen-bond acceptors (Lipinski definition) is 4. The molecule has 2 N–H and O–H groups in total. The zero-order valence-corrected chi connectivity index (χ0v) is 14.8. The second-order valence-electron chi connectivity index (χ2n) is 5.44. The van der Waals surface area contributed by atoms with Crippen LogP contribution < -0.4 is 10.6 Å². The fourth-order valence-corrected chi connectivity index (χ4v) is 2.58. The number of nitrogens with one attached hydrogen (secondary N) is 2. The lowest BCUT2D eigenvalue weighted by Gasteiger charge is -2.11. The van der Waals surface area contributed by atoms with Gasteiger partial charge >= 0.3 is 5.97 Å². The van der Waals surface area contributed by atoms with E-state index in [1.54, 1.807) is 18.2 Å². The summed E-state index contributed by atoms with van der Waals surface area (Å²) in [5.74, 6) is -0.459. The van der Waals surface area contributed by atoms with Crippen LogP contribution in [-0.4, -0.2) is 32.1 Å². The summed E-state index contributed by atoms with van der Waals surface area (Å²) in [7, 11) is 1.34. The van der Waals surface area contributed by atoms with Gasteiger partial charge in [0.25, 0.3) is 0 Å². The molecule has 2 aromatic carbocycles. The van der Waals surface area contributed by atoms with E-state index in [-0.39, 0.29) is 5.91 Å². The molecular weight excluding hydrogens is 340 g/mol. The number of halogens is 1. The van der Waals surface area contributed by atoms with E-state index in [1.807, 2.05) is 30.3 Å². The lowest BCUT2D eigenvalue weighted by atomic mass is 10.1. The highest BCUT2D eigenvalue weighted by molar-refractivity contribution is 6.30. The minimum atomic E-state index is -0.408. The molecule has 5 nitrogen and oxygen atoms in total. The molecule has 0 aliphatic heterocycles. The standard InChI is InChI=1S/C19H21ClN2O3/c1-25-19(24)16-7-2-3-8-17(16)21-12-10-18(23)22-11-9-14-5-4-6-15(20)13-14/h2-8,13,21H,9-12H2,1H3,(H,22,23). The summed E-state index contributed by atoms with van der Waals surface area (Å²) in [6.45, 7) is 0.981. The Morgan fingerprint density at radius 2 is 1.88 bits per heavy atom. The predicted octanol–water partition coefficient (Wildman–Crippen LogP) is 3.29. The van der Waals surface area contributed by atoms with E-state index in [1.165, 1.54) is 7.11 Å². The molecule has 6 heteroatoms. The predicted molar refractivity (Wildman–Crippen MR) is 99.1 cm³/mol. The van der Waals surface area contributed by atoms with Gasteiger partial charge in [-0.15, -0.1) is 0 Å². The van der Waals surface area contributed by atoms with Crippen molar-refractivity contribution in [1.82, 2.24) is 5.32 Å². The van der Waals surface area contributed by atoms with Gasteiger partial charge in [0.15, 0.2) is 0 Å². The molecule has 0 saturated heterocycles. The number of anilines is 1. The third kappa shape index (κ3) is 6.12. The van der Waals surface area contributed by atoms with Crippen LogP contribution in [0.15, 0.2) is 48.5 Å². The summed E-state index contributed by atoms with van der Waals surface area (Å²) >= 11 is 5.93. The average Bonchev–Trinajstić information content (AvgIpc) is 2.61. The molecule has 0 aliphatic rings. The van der Waals surface area contributed by atoms with E-state index in [9.17, 15) is 9.59 Å². The molecular formula is C19H21ClN2O3. The zero-order valence-electron chi connectivity index (χ0n) is 14.0. The number of benzene rings is 2. The molecule has 0 bridgehead atoms. The average molecular weight is 361 g/mol. The summed E-state index contributed by atoms with van der Waals surface area (Å²) in [6, 6.07) is 14.6. The third-order valence-electron chi connectivity index (χ3n) is 3.62. The molecule has 0 heterocycles. The van der Waals surface area contributed by atoms with Crippen LogP contribution in [0, 0.1) is 0 Å². The monoisotopic (exact) mass is 360 g/mol. The molecule has 2 rings (SSSR count). The summed E-state index contributed by atoms with van der Waals surface area (Å²) in [5.41, 5.74) is 2.19. The summed E-state index contributed by atoms with van der Waals surface area (Å²) < 4.78 is 4.74. The maximum Gasteiger partial charge on any atom is 0.339 e. The first kappa shape index (κ1) is 18.8. The maximum atomic E-state index is 11.9. The Labute approximate surface area is 152 Å². The molecule has 0 unspecified atom stereocenters. The van der Waals surface area contributed by atoms with Crippen molar-refractivity contribution in [3.8, 4) is 0 Å². The highest BCUT2D eigenvalue weighted by Gasteiger charge is 2.10. The first-order valence-electron chi connectivity index (χ1n) is 8.02. The summed E-state index contributed by atoms with van der Waals surface area (Å²) in [5, 5.41) is 6.66. The van der Waals surface area contributed by atoms with Crippen LogP contribution in [0.25, 0.3) is 0 Å². The fourth-order valence-electron chi connectivity index (χ4n) is 2.36. The molecule has 25 heavy (non-hydrogen) atoms. The first-order valence-corrected chi connectivity index (χ1v) is 8.40.